The van der Waals surface area contributed by atoms with E-state index in [1.807, 2.05) is 29.2 Å². The van der Waals surface area contributed by atoms with Crippen LogP contribution in [0.2, 0.25) is 0 Å². The lowest BCUT2D eigenvalue weighted by molar-refractivity contribution is -0.170. The van der Waals surface area contributed by atoms with Crippen LogP contribution in [0.15, 0.2) is 48.5 Å². The number of aliphatic carboxylic acids is 3. The molecule has 2 saturated heterocycles. The summed E-state index contributed by atoms with van der Waals surface area (Å²) in [5.41, 5.74) is 8.02. The molecule has 6 N–H and O–H groups in total. The third-order valence-corrected chi connectivity index (χ3v) is 10.9. The second-order valence-electron chi connectivity index (χ2n) is 14.1. The Morgan fingerprint density at radius 1 is 0.804 bits per heavy atom. The fraction of sp³-hybridized carbons (Fsp3) is 0.514. The van der Waals surface area contributed by atoms with Gasteiger partial charge in [0.05, 0.1) is 12.8 Å². The SMILES string of the molecule is NC(=O)C1CCN(C(=O)[C@@H]2Cc3ccccc3N2C(=O)CCN2CCC3(CCc4ccccc43)CC2)CC1.O=C(O)CC(O)(CC(=O)O)C(=O)O. The lowest BCUT2D eigenvalue weighted by Crippen LogP contribution is -2.52. The minimum atomic E-state index is -2.74. The van der Waals surface area contributed by atoms with Gasteiger partial charge >= 0.3 is 17.9 Å². The molecular weight excluding hydrogens is 660 g/mol. The van der Waals surface area contributed by atoms with Crippen LogP contribution in [0.3, 0.4) is 0 Å². The molecule has 1 atom stereocenters. The summed E-state index contributed by atoms with van der Waals surface area (Å²) in [7, 11) is 0. The number of rotatable bonds is 10. The van der Waals surface area contributed by atoms with Crippen molar-refractivity contribution in [1.82, 2.24) is 9.80 Å². The first-order valence-corrected chi connectivity index (χ1v) is 17.4. The summed E-state index contributed by atoms with van der Waals surface area (Å²) in [5.74, 6) is -5.47. The number of carboxylic acids is 3. The first-order chi connectivity index (χ1) is 24.2. The molecule has 1 aliphatic carbocycles. The van der Waals surface area contributed by atoms with Crippen LogP contribution in [-0.4, -0.2) is 110 Å². The lowest BCUT2D eigenvalue weighted by Gasteiger charge is -2.40. The fourth-order valence-electron chi connectivity index (χ4n) is 8.06. The van der Waals surface area contributed by atoms with E-state index < -0.39 is 42.4 Å². The average molecular weight is 707 g/mol. The number of hydrogen-bond acceptors (Lipinski definition) is 8. The lowest BCUT2D eigenvalue weighted by atomic mass is 9.74. The van der Waals surface area contributed by atoms with E-state index in [0.29, 0.717) is 44.2 Å². The molecule has 3 heterocycles. The Hall–Kier alpha value is -4.82. The summed E-state index contributed by atoms with van der Waals surface area (Å²) >= 11 is 0. The second-order valence-corrected chi connectivity index (χ2v) is 14.1. The van der Waals surface area contributed by atoms with Crippen LogP contribution < -0.4 is 10.6 Å². The number of benzene rings is 2. The van der Waals surface area contributed by atoms with Gasteiger partial charge in [0.1, 0.15) is 6.04 Å². The number of hydrogen-bond donors (Lipinski definition) is 5. The minimum absolute atomic E-state index is 0.0164. The quantitative estimate of drug-likeness (QED) is 0.240. The predicted molar refractivity (Wildman–Crippen MR) is 184 cm³/mol. The number of carbonyl (C=O) groups excluding carboxylic acids is 3. The van der Waals surface area contributed by atoms with Crippen molar-refractivity contribution in [3.05, 3.63) is 65.2 Å². The highest BCUT2D eigenvalue weighted by atomic mass is 16.4. The van der Waals surface area contributed by atoms with Gasteiger partial charge in [0.25, 0.3) is 0 Å². The number of aliphatic hydroxyl groups is 1. The molecule has 2 aromatic rings. The van der Waals surface area contributed by atoms with Gasteiger partial charge in [-0.25, -0.2) is 4.79 Å². The number of likely N-dealkylation sites (tertiary alicyclic amines) is 2. The first-order valence-electron chi connectivity index (χ1n) is 17.4. The Balaban J connectivity index is 0.000000332. The highest BCUT2D eigenvalue weighted by molar-refractivity contribution is 6.03. The van der Waals surface area contributed by atoms with Crippen LogP contribution in [0.4, 0.5) is 5.69 Å². The zero-order chi connectivity index (χ0) is 36.9. The fourth-order valence-corrected chi connectivity index (χ4v) is 8.06. The van der Waals surface area contributed by atoms with Crippen LogP contribution in [0.5, 0.6) is 0 Å². The molecule has 6 rings (SSSR count). The van der Waals surface area contributed by atoms with Crippen LogP contribution in [0.1, 0.15) is 68.1 Å². The van der Waals surface area contributed by atoms with Crippen molar-refractivity contribution >= 4 is 41.3 Å². The number of amides is 3. The van der Waals surface area contributed by atoms with Gasteiger partial charge in [-0.15, -0.1) is 0 Å². The summed E-state index contributed by atoms with van der Waals surface area (Å²) < 4.78 is 0. The van der Waals surface area contributed by atoms with Gasteiger partial charge in [0.2, 0.25) is 17.7 Å². The molecule has 51 heavy (non-hydrogen) atoms. The number of carboxylic acid groups (broad SMARTS) is 3. The van der Waals surface area contributed by atoms with Gasteiger partial charge in [-0.05, 0) is 79.8 Å². The average Bonchev–Trinajstić information content (AvgIpc) is 3.66. The summed E-state index contributed by atoms with van der Waals surface area (Å²) in [5, 5.41) is 33.8. The molecule has 4 aliphatic rings. The van der Waals surface area contributed by atoms with Gasteiger partial charge in [0, 0.05) is 44.1 Å². The molecule has 14 heteroatoms. The molecular formula is C37H46N4O10. The topological polar surface area (TPSA) is 219 Å². The number of aryl methyl sites for hydroxylation is 1. The Morgan fingerprint density at radius 3 is 1.98 bits per heavy atom. The number of nitrogens with zero attached hydrogens (tertiary/aromatic N) is 3. The summed E-state index contributed by atoms with van der Waals surface area (Å²) in [4.78, 5) is 75.3. The van der Waals surface area contributed by atoms with Crippen LogP contribution in [0, 0.1) is 5.92 Å². The second kappa shape index (κ2) is 15.6. The van der Waals surface area contributed by atoms with Gasteiger partial charge in [0.15, 0.2) is 5.60 Å². The van der Waals surface area contributed by atoms with Crippen molar-refractivity contribution in [3.8, 4) is 0 Å². The number of piperidine rings is 2. The molecule has 14 nitrogen and oxygen atoms in total. The molecule has 274 valence electrons. The van der Waals surface area contributed by atoms with Crippen molar-refractivity contribution in [3.63, 3.8) is 0 Å². The number of nitrogens with two attached hydrogens (primary N) is 1. The Bertz CT molecular complexity index is 1650. The molecule has 3 aliphatic heterocycles. The molecule has 0 saturated carbocycles. The summed E-state index contributed by atoms with van der Waals surface area (Å²) in [6, 6.07) is 16.3. The molecule has 0 radical (unpaired) electrons. The molecule has 0 unspecified atom stereocenters. The van der Waals surface area contributed by atoms with Crippen LogP contribution >= 0.6 is 0 Å². The third-order valence-electron chi connectivity index (χ3n) is 10.9. The van der Waals surface area contributed by atoms with Crippen molar-refractivity contribution < 1.29 is 49.2 Å². The van der Waals surface area contributed by atoms with E-state index >= 15 is 0 Å². The maximum Gasteiger partial charge on any atom is 0.336 e. The Morgan fingerprint density at radius 2 is 1.39 bits per heavy atom. The number of anilines is 1. The number of fused-ring (bicyclic) bond motifs is 3. The number of para-hydroxylation sites is 1. The number of carbonyl (C=O) groups is 6. The van der Waals surface area contributed by atoms with Gasteiger partial charge in [-0.3, -0.25) is 28.9 Å². The minimum Gasteiger partial charge on any atom is -0.481 e. The van der Waals surface area contributed by atoms with E-state index in [1.165, 1.54) is 18.4 Å². The van der Waals surface area contributed by atoms with Crippen LogP contribution in [-0.2, 0) is 47.0 Å². The Kier molecular flexibility index (Phi) is 11.5. The van der Waals surface area contributed by atoms with Gasteiger partial charge in [-0.1, -0.05) is 42.5 Å². The molecule has 0 bridgehead atoms. The van der Waals surface area contributed by atoms with E-state index in [2.05, 4.69) is 29.2 Å². The summed E-state index contributed by atoms with van der Waals surface area (Å²) in [6.45, 7) is 3.77. The van der Waals surface area contributed by atoms with Crippen molar-refractivity contribution in [2.75, 3.05) is 37.6 Å². The standard InChI is InChI=1S/C31H38N4O3.C6H8O7/c32-29(37)23-10-17-34(18-11-23)30(38)27-21-24-6-2-4-8-26(24)35(27)28(36)12-16-33-19-14-31(15-20-33)13-9-22-5-1-3-7-25(22)31;7-3(8)1-6(13,5(11)12)2-4(9)10/h1-8,23,27H,9-21H2,(H2,32,37);13H,1-2H2,(H,7,8)(H,9,10)(H,11,12)/t27-;/m0./s1. The third kappa shape index (κ3) is 8.39. The molecule has 0 aromatic heterocycles. The maximum atomic E-state index is 13.7. The Labute approximate surface area is 295 Å². The highest BCUT2D eigenvalue weighted by Crippen LogP contribution is 2.46. The zero-order valence-electron chi connectivity index (χ0n) is 28.5. The van der Waals surface area contributed by atoms with Gasteiger partial charge < -0.3 is 36.0 Å². The van der Waals surface area contributed by atoms with E-state index in [0.717, 1.165) is 43.7 Å². The normalized spacial score (nSPS) is 19.8. The molecule has 3 amide bonds. The largest absolute Gasteiger partial charge is 0.481 e. The zero-order valence-corrected chi connectivity index (χ0v) is 28.5. The maximum absolute atomic E-state index is 13.7. The monoisotopic (exact) mass is 706 g/mol. The van der Waals surface area contributed by atoms with Crippen molar-refractivity contribution in [2.45, 2.75) is 81.3 Å². The molecule has 2 aromatic carbocycles. The molecule has 2 fully saturated rings. The molecule has 1 spiro atoms. The van der Waals surface area contributed by atoms with Crippen molar-refractivity contribution in [1.29, 1.82) is 0 Å². The van der Waals surface area contributed by atoms with Crippen LogP contribution in [0.25, 0.3) is 0 Å². The summed E-state index contributed by atoms with van der Waals surface area (Å²) in [6.07, 6.45) is 4.56. The highest BCUT2D eigenvalue weighted by Gasteiger charge is 2.43. The predicted octanol–water partition coefficient (Wildman–Crippen LogP) is 1.79. The van der Waals surface area contributed by atoms with Gasteiger partial charge in [-0.2, -0.15) is 0 Å². The van der Waals surface area contributed by atoms with E-state index in [1.54, 1.807) is 10.5 Å². The van der Waals surface area contributed by atoms with E-state index in [-0.39, 0.29) is 23.6 Å². The van der Waals surface area contributed by atoms with E-state index in [9.17, 15) is 28.8 Å². The smallest absolute Gasteiger partial charge is 0.336 e. The van der Waals surface area contributed by atoms with Crippen molar-refractivity contribution in [2.24, 2.45) is 11.7 Å². The first kappa shape index (κ1) is 37.4. The number of primary amides is 1. The van der Waals surface area contributed by atoms with E-state index in [4.69, 9.17) is 26.2 Å².